The van der Waals surface area contributed by atoms with Crippen molar-refractivity contribution in [3.05, 3.63) is 60.2 Å². The smallest absolute Gasteiger partial charge is 0.191 e. The summed E-state index contributed by atoms with van der Waals surface area (Å²) in [6.07, 6.45) is 5.06. The highest BCUT2D eigenvalue weighted by Gasteiger charge is 2.25. The van der Waals surface area contributed by atoms with E-state index in [1.807, 2.05) is 24.3 Å². The zero-order valence-corrected chi connectivity index (χ0v) is 19.1. The summed E-state index contributed by atoms with van der Waals surface area (Å²) in [6, 6.07) is 14.4. The second-order valence-corrected chi connectivity index (χ2v) is 7.15. The van der Waals surface area contributed by atoms with Crippen LogP contribution in [0.3, 0.4) is 0 Å². The Morgan fingerprint density at radius 1 is 1.14 bits per heavy atom. The van der Waals surface area contributed by atoms with Crippen LogP contribution in [0.1, 0.15) is 30.4 Å². The molecule has 2 aromatic heterocycles. The number of para-hydroxylation sites is 1. The molecule has 6 nitrogen and oxygen atoms in total. The Morgan fingerprint density at radius 3 is 2.69 bits per heavy atom. The van der Waals surface area contributed by atoms with Gasteiger partial charge < -0.3 is 19.5 Å². The van der Waals surface area contributed by atoms with Crippen LogP contribution in [0.5, 0.6) is 0 Å². The number of fused-ring (bicyclic) bond motifs is 1. The Hall–Kier alpha value is -2.00. The highest BCUT2D eigenvalue weighted by Crippen LogP contribution is 2.24. The Kier molecular flexibility index (Phi) is 8.00. The van der Waals surface area contributed by atoms with Gasteiger partial charge in [0.2, 0.25) is 0 Å². The molecule has 1 atom stereocenters. The van der Waals surface area contributed by atoms with Gasteiger partial charge in [0.05, 0.1) is 12.3 Å². The first-order valence-corrected chi connectivity index (χ1v) is 10.0. The topological polar surface area (TPSA) is 65.9 Å². The second-order valence-electron chi connectivity index (χ2n) is 7.15. The minimum Gasteiger partial charge on any atom is -0.468 e. The van der Waals surface area contributed by atoms with E-state index < -0.39 is 0 Å². The maximum Gasteiger partial charge on any atom is 0.191 e. The van der Waals surface area contributed by atoms with Crippen LogP contribution in [-0.2, 0) is 6.42 Å². The van der Waals surface area contributed by atoms with Crippen LogP contribution in [0.15, 0.2) is 62.6 Å². The molecule has 1 aliphatic rings. The van der Waals surface area contributed by atoms with Crippen LogP contribution < -0.4 is 10.6 Å². The van der Waals surface area contributed by atoms with Gasteiger partial charge in [-0.25, -0.2) is 0 Å². The molecule has 0 amide bonds. The second kappa shape index (κ2) is 10.7. The SMILES string of the molecule is CN=C(NCCc1cc2ccccc2o1)NCC(c1ccco1)N1CCCC1.I. The summed E-state index contributed by atoms with van der Waals surface area (Å²) in [6.45, 7) is 3.75. The Balaban J connectivity index is 0.00000240. The number of rotatable bonds is 7. The van der Waals surface area contributed by atoms with Gasteiger partial charge in [-0.05, 0) is 50.2 Å². The van der Waals surface area contributed by atoms with Gasteiger partial charge in [-0.2, -0.15) is 0 Å². The maximum atomic E-state index is 5.88. The van der Waals surface area contributed by atoms with Gasteiger partial charge in [-0.3, -0.25) is 9.89 Å². The van der Waals surface area contributed by atoms with Crippen molar-refractivity contribution in [3.8, 4) is 0 Å². The predicted molar refractivity (Wildman–Crippen MR) is 127 cm³/mol. The molecule has 0 bridgehead atoms. The lowest BCUT2D eigenvalue weighted by Gasteiger charge is -2.26. The average Bonchev–Trinajstić information content (AvgIpc) is 3.48. The fourth-order valence-electron chi connectivity index (χ4n) is 3.82. The molecule has 4 rings (SSSR count). The molecule has 2 N–H and O–H groups in total. The molecular formula is C22H29IN4O2. The minimum absolute atomic E-state index is 0. The van der Waals surface area contributed by atoms with Crippen LogP contribution in [-0.4, -0.2) is 44.1 Å². The number of furan rings is 2. The summed E-state index contributed by atoms with van der Waals surface area (Å²) in [7, 11) is 1.80. The molecule has 0 saturated carbocycles. The Labute approximate surface area is 188 Å². The van der Waals surface area contributed by atoms with Gasteiger partial charge in [-0.15, -0.1) is 24.0 Å². The van der Waals surface area contributed by atoms with E-state index >= 15 is 0 Å². The molecule has 1 aliphatic heterocycles. The summed E-state index contributed by atoms with van der Waals surface area (Å²) in [5.41, 5.74) is 0.937. The number of nitrogens with zero attached hydrogens (tertiary/aromatic N) is 2. The largest absolute Gasteiger partial charge is 0.468 e. The van der Waals surface area contributed by atoms with Crippen molar-refractivity contribution in [1.82, 2.24) is 15.5 Å². The zero-order valence-electron chi connectivity index (χ0n) is 16.8. The summed E-state index contributed by atoms with van der Waals surface area (Å²) in [5.74, 6) is 2.79. The predicted octanol–water partition coefficient (Wildman–Crippen LogP) is 4.19. The number of benzene rings is 1. The number of guanidine groups is 1. The molecule has 0 radical (unpaired) electrons. The lowest BCUT2D eigenvalue weighted by Crippen LogP contribution is -2.43. The summed E-state index contributed by atoms with van der Waals surface area (Å²) >= 11 is 0. The number of halogens is 1. The van der Waals surface area contributed by atoms with E-state index in [0.29, 0.717) is 0 Å². The van der Waals surface area contributed by atoms with Crippen molar-refractivity contribution in [2.24, 2.45) is 4.99 Å². The Morgan fingerprint density at radius 2 is 1.97 bits per heavy atom. The van der Waals surface area contributed by atoms with Gasteiger partial charge in [0.15, 0.2) is 5.96 Å². The van der Waals surface area contributed by atoms with Crippen LogP contribution >= 0.6 is 24.0 Å². The van der Waals surface area contributed by atoms with Crippen LogP contribution in [0.4, 0.5) is 0 Å². The lowest BCUT2D eigenvalue weighted by molar-refractivity contribution is 0.215. The van der Waals surface area contributed by atoms with Crippen LogP contribution in [0.2, 0.25) is 0 Å². The van der Waals surface area contributed by atoms with Crippen molar-refractivity contribution in [1.29, 1.82) is 0 Å². The van der Waals surface area contributed by atoms with Gasteiger partial charge >= 0.3 is 0 Å². The fraction of sp³-hybridized carbons (Fsp3) is 0.409. The van der Waals surface area contributed by atoms with Gasteiger partial charge in [0.1, 0.15) is 17.1 Å². The van der Waals surface area contributed by atoms with Crippen LogP contribution in [0.25, 0.3) is 11.0 Å². The average molecular weight is 508 g/mol. The van der Waals surface area contributed by atoms with Crippen molar-refractivity contribution >= 4 is 40.9 Å². The molecule has 1 unspecified atom stereocenters. The molecule has 7 heteroatoms. The van der Waals surface area contributed by atoms with Crippen LogP contribution in [0, 0.1) is 0 Å². The molecule has 1 fully saturated rings. The first kappa shape index (κ1) is 21.7. The number of likely N-dealkylation sites (tertiary alicyclic amines) is 1. The zero-order chi connectivity index (χ0) is 19.2. The number of aliphatic imine (C=N–C) groups is 1. The standard InChI is InChI=1S/C22H28N4O2.HI/c1-23-22(24-11-10-18-15-17-7-2-3-8-20(17)28-18)25-16-19(21-9-6-14-27-21)26-12-4-5-13-26;/h2-3,6-9,14-15,19H,4-5,10-13,16H2,1H3,(H2,23,24,25);1H. The van der Waals surface area contributed by atoms with E-state index in [1.165, 1.54) is 12.8 Å². The molecule has 1 saturated heterocycles. The summed E-state index contributed by atoms with van der Waals surface area (Å²) in [4.78, 5) is 6.84. The fourth-order valence-corrected chi connectivity index (χ4v) is 3.82. The first-order chi connectivity index (χ1) is 13.8. The minimum atomic E-state index is 0. The lowest BCUT2D eigenvalue weighted by atomic mass is 10.2. The number of hydrogen-bond donors (Lipinski definition) is 2. The van der Waals surface area contributed by atoms with E-state index in [-0.39, 0.29) is 30.0 Å². The maximum absolute atomic E-state index is 5.88. The third-order valence-corrected chi connectivity index (χ3v) is 5.28. The molecule has 29 heavy (non-hydrogen) atoms. The van der Waals surface area contributed by atoms with E-state index in [0.717, 1.165) is 61.0 Å². The van der Waals surface area contributed by atoms with Gasteiger partial charge in [-0.1, -0.05) is 18.2 Å². The third-order valence-electron chi connectivity index (χ3n) is 5.28. The highest BCUT2D eigenvalue weighted by molar-refractivity contribution is 14.0. The van der Waals surface area contributed by atoms with Gasteiger partial charge in [0.25, 0.3) is 0 Å². The van der Waals surface area contributed by atoms with E-state index in [2.05, 4.69) is 38.7 Å². The Bertz CT molecular complexity index is 868. The van der Waals surface area contributed by atoms with Crippen molar-refractivity contribution in [2.45, 2.75) is 25.3 Å². The molecule has 3 heterocycles. The van der Waals surface area contributed by atoms with Crippen molar-refractivity contribution in [2.75, 3.05) is 33.2 Å². The quantitative estimate of drug-likeness (QED) is 0.285. The van der Waals surface area contributed by atoms with E-state index in [1.54, 1.807) is 13.3 Å². The highest BCUT2D eigenvalue weighted by atomic mass is 127. The molecule has 156 valence electrons. The number of hydrogen-bond acceptors (Lipinski definition) is 4. The molecule has 1 aromatic carbocycles. The van der Waals surface area contributed by atoms with E-state index in [4.69, 9.17) is 8.83 Å². The van der Waals surface area contributed by atoms with Gasteiger partial charge in [0, 0.05) is 31.9 Å². The molecule has 0 aliphatic carbocycles. The summed E-state index contributed by atoms with van der Waals surface area (Å²) in [5, 5.41) is 7.98. The van der Waals surface area contributed by atoms with E-state index in [9.17, 15) is 0 Å². The molecule has 0 spiro atoms. The molecule has 3 aromatic rings. The molecular weight excluding hydrogens is 479 g/mol. The third kappa shape index (κ3) is 5.54. The van der Waals surface area contributed by atoms with Crippen molar-refractivity contribution in [3.63, 3.8) is 0 Å². The first-order valence-electron chi connectivity index (χ1n) is 10.0. The monoisotopic (exact) mass is 508 g/mol. The van der Waals surface area contributed by atoms with Crippen molar-refractivity contribution < 1.29 is 8.83 Å². The number of nitrogens with one attached hydrogen (secondary N) is 2. The normalized spacial score (nSPS) is 16.0. The summed E-state index contributed by atoms with van der Waals surface area (Å²) < 4.78 is 11.6.